The van der Waals surface area contributed by atoms with Gasteiger partial charge in [-0.3, -0.25) is 9.52 Å². The van der Waals surface area contributed by atoms with Crippen LogP contribution in [0.4, 0.5) is 10.8 Å². The summed E-state index contributed by atoms with van der Waals surface area (Å²) in [6, 6.07) is 8.53. The second kappa shape index (κ2) is 8.89. The molecule has 3 N–H and O–H groups in total. The standard InChI is InChI=1S/C21H20ClN5O3S2/c1-12(2)32(29,30)27-14-6-5-13(17(22)9-14)8-19(28)26-21-25-18(11-31-21)16-10-24-20-15(16)4-3-7-23-20/h3-7,9-12,27H,8H2,1-2H3,(H,23,24)(H,25,26,28). The number of carbonyl (C=O) groups excluding carboxylic acids is 1. The number of nitrogens with one attached hydrogen (secondary N) is 3. The second-order valence-electron chi connectivity index (χ2n) is 7.37. The van der Waals surface area contributed by atoms with Gasteiger partial charge in [0.05, 0.1) is 17.4 Å². The van der Waals surface area contributed by atoms with Gasteiger partial charge in [0.25, 0.3) is 0 Å². The SMILES string of the molecule is CC(C)S(=O)(=O)Nc1ccc(CC(=O)Nc2nc(-c3c[nH]c4ncccc34)cs2)c(Cl)c1. The number of hydrogen-bond donors (Lipinski definition) is 3. The zero-order chi connectivity index (χ0) is 22.9. The third kappa shape index (κ3) is 4.77. The number of halogens is 1. The zero-order valence-electron chi connectivity index (χ0n) is 17.2. The lowest BCUT2D eigenvalue weighted by molar-refractivity contribution is -0.115. The summed E-state index contributed by atoms with van der Waals surface area (Å²) >= 11 is 7.60. The maximum absolute atomic E-state index is 12.5. The molecule has 1 aromatic carbocycles. The number of benzene rings is 1. The average molecular weight is 490 g/mol. The first-order valence-electron chi connectivity index (χ1n) is 9.71. The highest BCUT2D eigenvalue weighted by atomic mass is 35.5. The van der Waals surface area contributed by atoms with Gasteiger partial charge in [-0.05, 0) is 43.7 Å². The van der Waals surface area contributed by atoms with Gasteiger partial charge in [0.1, 0.15) is 5.65 Å². The molecule has 32 heavy (non-hydrogen) atoms. The van der Waals surface area contributed by atoms with Gasteiger partial charge in [-0.25, -0.2) is 18.4 Å². The number of aromatic nitrogens is 3. The molecule has 0 saturated carbocycles. The van der Waals surface area contributed by atoms with Crippen molar-refractivity contribution in [1.29, 1.82) is 0 Å². The van der Waals surface area contributed by atoms with Crippen LogP contribution in [-0.4, -0.2) is 34.5 Å². The highest BCUT2D eigenvalue weighted by molar-refractivity contribution is 7.93. The van der Waals surface area contributed by atoms with Crippen LogP contribution in [0.2, 0.25) is 5.02 Å². The number of rotatable bonds is 7. The molecule has 0 saturated heterocycles. The predicted octanol–water partition coefficient (Wildman–Crippen LogP) is 4.67. The molecule has 8 nitrogen and oxygen atoms in total. The van der Waals surface area contributed by atoms with Crippen LogP contribution in [0.1, 0.15) is 19.4 Å². The number of sulfonamides is 1. The average Bonchev–Trinajstić information content (AvgIpc) is 3.36. The highest BCUT2D eigenvalue weighted by Gasteiger charge is 2.17. The molecular formula is C21H20ClN5O3S2. The third-order valence-corrected chi connectivity index (χ3v) is 7.63. The lowest BCUT2D eigenvalue weighted by atomic mass is 10.1. The van der Waals surface area contributed by atoms with Crippen LogP contribution in [-0.2, 0) is 21.2 Å². The summed E-state index contributed by atoms with van der Waals surface area (Å²) in [6.45, 7) is 3.17. The van der Waals surface area contributed by atoms with Crippen molar-refractivity contribution >= 4 is 60.7 Å². The summed E-state index contributed by atoms with van der Waals surface area (Å²) < 4.78 is 26.5. The van der Waals surface area contributed by atoms with E-state index in [9.17, 15) is 13.2 Å². The molecule has 11 heteroatoms. The summed E-state index contributed by atoms with van der Waals surface area (Å²) in [4.78, 5) is 24.4. The Morgan fingerprint density at radius 3 is 2.84 bits per heavy atom. The van der Waals surface area contributed by atoms with Gasteiger partial charge < -0.3 is 10.3 Å². The number of aromatic amines is 1. The summed E-state index contributed by atoms with van der Waals surface area (Å²) in [6.07, 6.45) is 3.58. The maximum Gasteiger partial charge on any atom is 0.235 e. The molecule has 3 aromatic heterocycles. The molecule has 0 radical (unpaired) electrons. The predicted molar refractivity (Wildman–Crippen MR) is 129 cm³/mol. The first kappa shape index (κ1) is 22.3. The van der Waals surface area contributed by atoms with Crippen molar-refractivity contribution in [3.05, 3.63) is 58.7 Å². The normalized spacial score (nSPS) is 11.8. The van der Waals surface area contributed by atoms with E-state index < -0.39 is 15.3 Å². The van der Waals surface area contributed by atoms with Gasteiger partial charge in [-0.2, -0.15) is 0 Å². The Morgan fingerprint density at radius 1 is 1.28 bits per heavy atom. The molecule has 0 fully saturated rings. The van der Waals surface area contributed by atoms with Gasteiger partial charge in [-0.15, -0.1) is 11.3 Å². The summed E-state index contributed by atoms with van der Waals surface area (Å²) in [5.74, 6) is -0.274. The molecule has 0 bridgehead atoms. The van der Waals surface area contributed by atoms with Crippen molar-refractivity contribution < 1.29 is 13.2 Å². The molecule has 4 rings (SSSR count). The highest BCUT2D eigenvalue weighted by Crippen LogP contribution is 2.30. The molecule has 0 aliphatic heterocycles. The molecule has 0 aliphatic rings. The van der Waals surface area contributed by atoms with E-state index in [1.165, 1.54) is 17.4 Å². The monoisotopic (exact) mass is 489 g/mol. The molecule has 3 heterocycles. The smallest absolute Gasteiger partial charge is 0.235 e. The first-order valence-corrected chi connectivity index (χ1v) is 12.5. The Labute approximate surface area is 194 Å². The van der Waals surface area contributed by atoms with Crippen molar-refractivity contribution in [3.63, 3.8) is 0 Å². The van der Waals surface area contributed by atoms with Gasteiger partial charge in [0.2, 0.25) is 15.9 Å². The minimum absolute atomic E-state index is 0.0297. The molecular weight excluding hydrogens is 470 g/mol. The van der Waals surface area contributed by atoms with E-state index in [0.29, 0.717) is 21.4 Å². The van der Waals surface area contributed by atoms with Crippen LogP contribution >= 0.6 is 22.9 Å². The number of anilines is 2. The Hall–Kier alpha value is -2.95. The molecule has 0 aliphatic carbocycles. The summed E-state index contributed by atoms with van der Waals surface area (Å²) in [5.41, 5.74) is 3.35. The number of fused-ring (bicyclic) bond motifs is 1. The van der Waals surface area contributed by atoms with Gasteiger partial charge in [0, 0.05) is 39.4 Å². The third-order valence-electron chi connectivity index (χ3n) is 4.76. The van der Waals surface area contributed by atoms with E-state index in [2.05, 4.69) is 25.0 Å². The van der Waals surface area contributed by atoms with Crippen LogP contribution in [0, 0.1) is 0 Å². The van der Waals surface area contributed by atoms with E-state index in [4.69, 9.17) is 11.6 Å². The van der Waals surface area contributed by atoms with Crippen molar-refractivity contribution in [3.8, 4) is 11.3 Å². The topological polar surface area (TPSA) is 117 Å². The van der Waals surface area contributed by atoms with Crippen molar-refractivity contribution in [2.24, 2.45) is 0 Å². The molecule has 0 unspecified atom stereocenters. The molecule has 166 valence electrons. The lowest BCUT2D eigenvalue weighted by Crippen LogP contribution is -2.22. The molecule has 4 aromatic rings. The largest absolute Gasteiger partial charge is 0.345 e. The maximum atomic E-state index is 12.5. The Bertz CT molecular complexity index is 1400. The first-order chi connectivity index (χ1) is 15.2. The van der Waals surface area contributed by atoms with Gasteiger partial charge >= 0.3 is 0 Å². The summed E-state index contributed by atoms with van der Waals surface area (Å²) in [5, 5.41) is 5.81. The fourth-order valence-corrected chi connectivity index (χ4v) is 4.66. The number of nitrogens with zero attached hydrogens (tertiary/aromatic N) is 2. The minimum Gasteiger partial charge on any atom is -0.345 e. The number of pyridine rings is 1. The molecule has 0 atom stereocenters. The van der Waals surface area contributed by atoms with Crippen LogP contribution in [0.5, 0.6) is 0 Å². The van der Waals surface area contributed by atoms with Crippen LogP contribution in [0.25, 0.3) is 22.3 Å². The molecule has 0 spiro atoms. The second-order valence-corrected chi connectivity index (χ2v) is 10.9. The van der Waals surface area contributed by atoms with E-state index in [1.807, 2.05) is 23.7 Å². The Kier molecular flexibility index (Phi) is 6.18. The Balaban J connectivity index is 1.43. The molecule has 1 amide bonds. The van der Waals surface area contributed by atoms with E-state index >= 15 is 0 Å². The summed E-state index contributed by atoms with van der Waals surface area (Å²) in [7, 11) is -3.48. The van der Waals surface area contributed by atoms with Crippen molar-refractivity contribution in [2.45, 2.75) is 25.5 Å². The fraction of sp³-hybridized carbons (Fsp3) is 0.190. The fourth-order valence-electron chi connectivity index (χ4n) is 3.00. The van der Waals surface area contributed by atoms with Crippen LogP contribution < -0.4 is 10.0 Å². The number of hydrogen-bond acceptors (Lipinski definition) is 6. The van der Waals surface area contributed by atoms with E-state index in [0.717, 1.165) is 22.3 Å². The number of H-pyrrole nitrogens is 1. The quantitative estimate of drug-likeness (QED) is 0.348. The zero-order valence-corrected chi connectivity index (χ0v) is 19.6. The van der Waals surface area contributed by atoms with Gasteiger partial charge in [-0.1, -0.05) is 17.7 Å². The van der Waals surface area contributed by atoms with E-state index in [1.54, 1.807) is 32.2 Å². The number of thiazole rings is 1. The lowest BCUT2D eigenvalue weighted by Gasteiger charge is -2.12. The minimum atomic E-state index is -3.48. The van der Waals surface area contributed by atoms with Gasteiger partial charge in [0.15, 0.2) is 5.13 Å². The van der Waals surface area contributed by atoms with Crippen LogP contribution in [0.3, 0.4) is 0 Å². The number of carbonyl (C=O) groups is 1. The van der Waals surface area contributed by atoms with Crippen molar-refractivity contribution in [1.82, 2.24) is 15.0 Å². The van der Waals surface area contributed by atoms with Crippen LogP contribution in [0.15, 0.2) is 48.1 Å². The Morgan fingerprint density at radius 2 is 2.09 bits per heavy atom. The van der Waals surface area contributed by atoms with Crippen molar-refractivity contribution in [2.75, 3.05) is 10.0 Å². The number of amides is 1. The van der Waals surface area contributed by atoms with E-state index in [-0.39, 0.29) is 12.3 Å².